The Morgan fingerprint density at radius 3 is 1.89 bits per heavy atom. The maximum absolute atomic E-state index is 9.77. The summed E-state index contributed by atoms with van der Waals surface area (Å²) in [6.07, 6.45) is -0.719. The van der Waals surface area contributed by atoms with Crippen LogP contribution >= 0.6 is 11.8 Å². The SMILES string of the molecule is CSc1ccccn1.O=C(O)C(O)C(O)C(=O)O. The maximum atomic E-state index is 9.77. The Bertz CT molecular complexity index is 367. The van der Waals surface area contributed by atoms with Gasteiger partial charge in [-0.3, -0.25) is 0 Å². The van der Waals surface area contributed by atoms with Crippen molar-refractivity contribution in [2.24, 2.45) is 0 Å². The van der Waals surface area contributed by atoms with Gasteiger partial charge in [0.1, 0.15) is 0 Å². The molecule has 7 nitrogen and oxygen atoms in total. The molecule has 0 aliphatic carbocycles. The lowest BCUT2D eigenvalue weighted by Crippen LogP contribution is -2.39. The molecule has 0 bridgehead atoms. The van der Waals surface area contributed by atoms with Gasteiger partial charge in [0.2, 0.25) is 0 Å². The fourth-order valence-corrected chi connectivity index (χ4v) is 1.12. The molecule has 2 unspecified atom stereocenters. The monoisotopic (exact) mass is 275 g/mol. The zero-order valence-electron chi connectivity index (χ0n) is 9.42. The van der Waals surface area contributed by atoms with Crippen LogP contribution in [0.15, 0.2) is 29.4 Å². The molecule has 8 heteroatoms. The highest BCUT2D eigenvalue weighted by atomic mass is 32.2. The summed E-state index contributed by atoms with van der Waals surface area (Å²) >= 11 is 1.66. The van der Waals surface area contributed by atoms with E-state index in [2.05, 4.69) is 4.98 Å². The third-order valence-corrected chi connectivity index (χ3v) is 2.31. The van der Waals surface area contributed by atoms with Gasteiger partial charge >= 0.3 is 11.9 Å². The molecule has 1 aromatic rings. The van der Waals surface area contributed by atoms with Gasteiger partial charge in [-0.2, -0.15) is 0 Å². The Morgan fingerprint density at radius 2 is 1.67 bits per heavy atom. The average molecular weight is 275 g/mol. The minimum atomic E-state index is -2.27. The minimum absolute atomic E-state index is 1.08. The Balaban J connectivity index is 0.000000327. The summed E-state index contributed by atoms with van der Waals surface area (Å²) in [7, 11) is 0. The minimum Gasteiger partial charge on any atom is -0.479 e. The lowest BCUT2D eigenvalue weighted by Gasteiger charge is -2.07. The van der Waals surface area contributed by atoms with Crippen LogP contribution in [0.3, 0.4) is 0 Å². The van der Waals surface area contributed by atoms with Gasteiger partial charge < -0.3 is 20.4 Å². The van der Waals surface area contributed by atoms with Gasteiger partial charge in [-0.15, -0.1) is 11.8 Å². The van der Waals surface area contributed by atoms with E-state index in [9.17, 15) is 9.59 Å². The smallest absolute Gasteiger partial charge is 0.335 e. The van der Waals surface area contributed by atoms with Crippen molar-refractivity contribution in [3.63, 3.8) is 0 Å². The van der Waals surface area contributed by atoms with Crippen LogP contribution in [0.2, 0.25) is 0 Å². The number of aromatic nitrogens is 1. The number of nitrogens with zero attached hydrogens (tertiary/aromatic N) is 1. The second kappa shape index (κ2) is 8.45. The molecule has 1 aromatic heterocycles. The molecule has 0 saturated heterocycles. The normalized spacial score (nSPS) is 12.8. The molecule has 100 valence electrons. The van der Waals surface area contributed by atoms with E-state index in [1.807, 2.05) is 24.5 Å². The van der Waals surface area contributed by atoms with Gasteiger partial charge in [0, 0.05) is 6.20 Å². The quantitative estimate of drug-likeness (QED) is 0.550. The summed E-state index contributed by atoms with van der Waals surface area (Å²) in [5, 5.41) is 33.6. The number of aliphatic hydroxyl groups is 2. The molecular weight excluding hydrogens is 262 g/mol. The molecule has 4 N–H and O–H groups in total. The van der Waals surface area contributed by atoms with E-state index in [1.54, 1.807) is 18.0 Å². The second-order valence-corrected chi connectivity index (χ2v) is 3.76. The molecule has 0 aliphatic rings. The van der Waals surface area contributed by atoms with Crippen LogP contribution in [0.1, 0.15) is 0 Å². The summed E-state index contributed by atoms with van der Waals surface area (Å²) in [6.45, 7) is 0. The molecule has 0 fully saturated rings. The maximum Gasteiger partial charge on any atom is 0.335 e. The highest BCUT2D eigenvalue weighted by Gasteiger charge is 2.29. The van der Waals surface area contributed by atoms with Crippen LogP contribution in [-0.4, -0.2) is 55.8 Å². The number of aliphatic carboxylic acids is 2. The van der Waals surface area contributed by atoms with Gasteiger partial charge in [0.05, 0.1) is 5.03 Å². The second-order valence-electron chi connectivity index (χ2n) is 2.94. The Hall–Kier alpha value is -1.64. The van der Waals surface area contributed by atoms with Crippen LogP contribution in [0.4, 0.5) is 0 Å². The summed E-state index contributed by atoms with van der Waals surface area (Å²) in [5.41, 5.74) is 0. The van der Waals surface area contributed by atoms with Gasteiger partial charge in [-0.05, 0) is 18.4 Å². The predicted molar refractivity (Wildman–Crippen MR) is 63.3 cm³/mol. The Morgan fingerprint density at radius 1 is 1.17 bits per heavy atom. The number of aliphatic hydroxyl groups excluding tert-OH is 2. The summed E-state index contributed by atoms with van der Waals surface area (Å²) in [4.78, 5) is 23.6. The molecule has 2 atom stereocenters. The molecule has 0 saturated carbocycles. The number of carbonyl (C=O) groups is 2. The van der Waals surface area contributed by atoms with Crippen LogP contribution in [0.25, 0.3) is 0 Å². The van der Waals surface area contributed by atoms with E-state index in [-0.39, 0.29) is 0 Å². The summed E-state index contributed by atoms with van der Waals surface area (Å²) in [5.74, 6) is -3.54. The lowest BCUT2D eigenvalue weighted by molar-refractivity contribution is -0.165. The highest BCUT2D eigenvalue weighted by molar-refractivity contribution is 7.98. The molecule has 0 amide bonds. The number of thioether (sulfide) groups is 1. The molecule has 0 radical (unpaired) electrons. The molecule has 0 aliphatic heterocycles. The topological polar surface area (TPSA) is 128 Å². The number of hydrogen-bond acceptors (Lipinski definition) is 6. The van der Waals surface area contributed by atoms with Crippen LogP contribution in [0.5, 0.6) is 0 Å². The first-order valence-corrected chi connectivity index (χ1v) is 5.89. The number of pyridine rings is 1. The van der Waals surface area contributed by atoms with Crippen molar-refractivity contribution in [1.29, 1.82) is 0 Å². The molecule has 18 heavy (non-hydrogen) atoms. The van der Waals surface area contributed by atoms with Crippen LogP contribution in [0, 0.1) is 0 Å². The number of hydrogen-bond donors (Lipinski definition) is 4. The Labute approximate surface area is 107 Å². The molecular formula is C10H13NO6S. The first kappa shape index (κ1) is 16.4. The summed E-state index contributed by atoms with van der Waals surface area (Å²) < 4.78 is 0. The van der Waals surface area contributed by atoms with Crippen molar-refractivity contribution in [3.05, 3.63) is 24.4 Å². The third-order valence-electron chi connectivity index (χ3n) is 1.65. The molecule has 0 aromatic carbocycles. The zero-order chi connectivity index (χ0) is 14.1. The van der Waals surface area contributed by atoms with Crippen molar-refractivity contribution in [1.82, 2.24) is 4.98 Å². The van der Waals surface area contributed by atoms with Crippen molar-refractivity contribution >= 4 is 23.7 Å². The first-order chi connectivity index (χ1) is 8.40. The molecule has 1 rings (SSSR count). The van der Waals surface area contributed by atoms with E-state index in [4.69, 9.17) is 20.4 Å². The zero-order valence-corrected chi connectivity index (χ0v) is 10.2. The fraction of sp³-hybridized carbons (Fsp3) is 0.300. The van der Waals surface area contributed by atoms with E-state index >= 15 is 0 Å². The average Bonchev–Trinajstić information content (AvgIpc) is 2.38. The van der Waals surface area contributed by atoms with E-state index in [0.717, 1.165) is 5.03 Å². The van der Waals surface area contributed by atoms with Crippen molar-refractivity contribution < 1.29 is 30.0 Å². The largest absolute Gasteiger partial charge is 0.479 e. The van der Waals surface area contributed by atoms with Gasteiger partial charge in [-0.1, -0.05) is 6.07 Å². The highest BCUT2D eigenvalue weighted by Crippen LogP contribution is 2.07. The van der Waals surface area contributed by atoms with Crippen molar-refractivity contribution in [2.75, 3.05) is 6.26 Å². The Kier molecular flexibility index (Phi) is 7.68. The number of carboxylic acids is 2. The number of carboxylic acid groups (broad SMARTS) is 2. The van der Waals surface area contributed by atoms with E-state index in [0.29, 0.717) is 0 Å². The third kappa shape index (κ3) is 6.18. The lowest BCUT2D eigenvalue weighted by atomic mass is 10.2. The van der Waals surface area contributed by atoms with Crippen LogP contribution in [-0.2, 0) is 9.59 Å². The van der Waals surface area contributed by atoms with E-state index in [1.165, 1.54) is 0 Å². The molecule has 1 heterocycles. The van der Waals surface area contributed by atoms with Gasteiger partial charge in [-0.25, -0.2) is 14.6 Å². The van der Waals surface area contributed by atoms with Crippen LogP contribution < -0.4 is 0 Å². The standard InChI is InChI=1S/C6H7NS.C4H6O6/c1-8-6-4-2-3-5-7-6;5-1(3(7)8)2(6)4(9)10/h2-5H,1H3;1-2,5-6H,(H,7,8)(H,9,10). The van der Waals surface area contributed by atoms with Gasteiger partial charge in [0.15, 0.2) is 12.2 Å². The van der Waals surface area contributed by atoms with Crippen molar-refractivity contribution in [3.8, 4) is 0 Å². The fourth-order valence-electron chi connectivity index (χ4n) is 0.738. The van der Waals surface area contributed by atoms with Crippen molar-refractivity contribution in [2.45, 2.75) is 17.2 Å². The molecule has 0 spiro atoms. The van der Waals surface area contributed by atoms with Gasteiger partial charge in [0.25, 0.3) is 0 Å². The first-order valence-electron chi connectivity index (χ1n) is 4.67. The summed E-state index contributed by atoms with van der Waals surface area (Å²) in [6, 6.07) is 5.89. The van der Waals surface area contributed by atoms with E-state index < -0.39 is 24.1 Å². The number of rotatable bonds is 4. The predicted octanol–water partition coefficient (Wildman–Crippen LogP) is -0.319.